The summed E-state index contributed by atoms with van der Waals surface area (Å²) in [5.74, 6) is -1.47. The summed E-state index contributed by atoms with van der Waals surface area (Å²) in [4.78, 5) is 21.5. The number of nitro benzene ring substituents is 1. The molecule has 0 aliphatic carbocycles. The minimum atomic E-state index is -1.04. The molecule has 5 nitrogen and oxygen atoms in total. The molecule has 0 saturated carbocycles. The third kappa shape index (κ3) is 3.69. The first kappa shape index (κ1) is 15.7. The highest BCUT2D eigenvalue weighted by atomic mass is 35.5. The van der Waals surface area contributed by atoms with E-state index in [1.165, 1.54) is 12.1 Å². The Balaban J connectivity index is 2.06. The fourth-order valence-electron chi connectivity index (χ4n) is 1.48. The van der Waals surface area contributed by atoms with Gasteiger partial charge in [-0.1, -0.05) is 23.2 Å². The second-order valence-corrected chi connectivity index (χ2v) is 6.11. The minimum absolute atomic E-state index is 0.00361. The topological polar surface area (TPSA) is 69.4 Å². The summed E-state index contributed by atoms with van der Waals surface area (Å²) < 4.78 is 19.1. The lowest BCUT2D eigenvalue weighted by Crippen LogP contribution is -2.11. The van der Waals surface area contributed by atoms with E-state index in [0.29, 0.717) is 4.34 Å². The quantitative estimate of drug-likeness (QED) is 0.456. The second kappa shape index (κ2) is 6.38. The molecule has 0 spiro atoms. The summed E-state index contributed by atoms with van der Waals surface area (Å²) in [6.45, 7) is -0.385. The van der Waals surface area contributed by atoms with Gasteiger partial charge in [0.2, 0.25) is 11.6 Å². The van der Waals surface area contributed by atoms with Crippen LogP contribution < -0.4 is 4.74 Å². The molecule has 9 heteroatoms. The maximum Gasteiger partial charge on any atom is 0.305 e. The number of benzene rings is 1. The summed E-state index contributed by atoms with van der Waals surface area (Å²) in [7, 11) is 0. The highest BCUT2D eigenvalue weighted by Crippen LogP contribution is 2.31. The van der Waals surface area contributed by atoms with Gasteiger partial charge >= 0.3 is 5.69 Å². The van der Waals surface area contributed by atoms with Crippen molar-refractivity contribution < 1.29 is 18.8 Å². The highest BCUT2D eigenvalue weighted by molar-refractivity contribution is 7.20. The van der Waals surface area contributed by atoms with E-state index in [-0.39, 0.29) is 22.3 Å². The van der Waals surface area contributed by atoms with Crippen molar-refractivity contribution in [3.05, 3.63) is 54.4 Å². The summed E-state index contributed by atoms with van der Waals surface area (Å²) in [5.41, 5.74) is -0.449. The molecule has 0 N–H and O–H groups in total. The second-order valence-electron chi connectivity index (χ2n) is 3.82. The number of hydrogen-bond donors (Lipinski definition) is 0. The van der Waals surface area contributed by atoms with Gasteiger partial charge in [0.15, 0.2) is 6.61 Å². The van der Waals surface area contributed by atoms with E-state index in [2.05, 4.69) is 0 Å². The molecule has 0 aliphatic rings. The first-order valence-corrected chi connectivity index (χ1v) is 7.00. The van der Waals surface area contributed by atoms with Gasteiger partial charge in [-0.2, -0.15) is 4.39 Å². The number of Topliss-reactive ketones (excluding diaryl/α,β-unsaturated/α-hetero) is 1. The molecule has 0 saturated heterocycles. The molecule has 0 atom stereocenters. The number of nitro groups is 1. The molecule has 110 valence electrons. The Morgan fingerprint density at radius 1 is 1.38 bits per heavy atom. The molecule has 0 bridgehead atoms. The number of rotatable bonds is 5. The fourth-order valence-corrected chi connectivity index (χ4v) is 2.98. The monoisotopic (exact) mass is 349 g/mol. The Morgan fingerprint density at radius 2 is 2.10 bits per heavy atom. The van der Waals surface area contributed by atoms with Gasteiger partial charge in [-0.25, -0.2) is 0 Å². The molecule has 0 amide bonds. The van der Waals surface area contributed by atoms with Crippen LogP contribution in [0.4, 0.5) is 10.1 Å². The molecule has 0 fully saturated rings. The number of halogens is 3. The van der Waals surface area contributed by atoms with Crippen molar-refractivity contribution >= 4 is 46.0 Å². The zero-order valence-electron chi connectivity index (χ0n) is 10.1. The summed E-state index contributed by atoms with van der Waals surface area (Å²) in [6.07, 6.45) is 0. The minimum Gasteiger partial charge on any atom is -0.485 e. The molecule has 0 unspecified atom stereocenters. The first-order chi connectivity index (χ1) is 9.88. The number of carbonyl (C=O) groups excluding carboxylic acids is 1. The van der Waals surface area contributed by atoms with Crippen molar-refractivity contribution in [2.45, 2.75) is 0 Å². The lowest BCUT2D eigenvalue weighted by Gasteiger charge is -2.05. The van der Waals surface area contributed by atoms with Crippen molar-refractivity contribution in [2.75, 3.05) is 6.61 Å². The van der Waals surface area contributed by atoms with Gasteiger partial charge in [-0.15, -0.1) is 11.3 Å². The third-order valence-corrected chi connectivity index (χ3v) is 3.93. The van der Waals surface area contributed by atoms with Gasteiger partial charge < -0.3 is 4.74 Å². The van der Waals surface area contributed by atoms with Crippen molar-refractivity contribution in [1.29, 1.82) is 0 Å². The first-order valence-electron chi connectivity index (χ1n) is 5.43. The Labute approximate surface area is 132 Å². The number of ketones is 1. The Bertz CT molecular complexity index is 719. The normalized spacial score (nSPS) is 10.4. The van der Waals surface area contributed by atoms with Crippen LogP contribution in [-0.4, -0.2) is 17.3 Å². The third-order valence-electron chi connectivity index (χ3n) is 2.44. The van der Waals surface area contributed by atoms with E-state index in [9.17, 15) is 19.3 Å². The smallest absolute Gasteiger partial charge is 0.305 e. The Kier molecular flexibility index (Phi) is 4.76. The zero-order valence-corrected chi connectivity index (χ0v) is 12.5. The van der Waals surface area contributed by atoms with Crippen molar-refractivity contribution in [3.8, 4) is 5.75 Å². The van der Waals surface area contributed by atoms with Gasteiger partial charge in [0.1, 0.15) is 10.1 Å². The van der Waals surface area contributed by atoms with Crippen molar-refractivity contribution in [3.63, 3.8) is 0 Å². The summed E-state index contributed by atoms with van der Waals surface area (Å²) >= 11 is 12.6. The number of carbonyl (C=O) groups is 1. The predicted molar refractivity (Wildman–Crippen MR) is 77.2 cm³/mol. The summed E-state index contributed by atoms with van der Waals surface area (Å²) in [5, 5.41) is 10.5. The molecular weight excluding hydrogens is 344 g/mol. The lowest BCUT2D eigenvalue weighted by atomic mass is 10.2. The molecule has 1 heterocycles. The largest absolute Gasteiger partial charge is 0.485 e. The van der Waals surface area contributed by atoms with E-state index >= 15 is 0 Å². The number of thiophene rings is 1. The van der Waals surface area contributed by atoms with Gasteiger partial charge in [0.05, 0.1) is 14.8 Å². The summed E-state index contributed by atoms with van der Waals surface area (Å²) in [6, 6.07) is 4.42. The van der Waals surface area contributed by atoms with E-state index in [1.54, 1.807) is 0 Å². The average Bonchev–Trinajstić information content (AvgIpc) is 2.74. The standard InChI is InChI=1S/C12H6Cl2FNO4S/c13-11-4-7(12(14)21-11)10(17)5-20-6-1-2-9(16(18)19)8(15)3-6/h1-4H,5H2. The average molecular weight is 350 g/mol. The SMILES string of the molecule is O=C(COc1ccc([N+](=O)[O-])c(F)c1)c1cc(Cl)sc1Cl. The molecule has 2 aromatic rings. The van der Waals surface area contributed by atoms with Gasteiger partial charge in [0.25, 0.3) is 0 Å². The van der Waals surface area contributed by atoms with Crippen LogP contribution in [-0.2, 0) is 0 Å². The molecule has 1 aromatic carbocycles. The Morgan fingerprint density at radius 3 is 2.62 bits per heavy atom. The van der Waals surface area contributed by atoms with Crippen LogP contribution in [0.3, 0.4) is 0 Å². The van der Waals surface area contributed by atoms with Gasteiger partial charge in [0, 0.05) is 12.1 Å². The van der Waals surface area contributed by atoms with Crippen LogP contribution in [0.25, 0.3) is 0 Å². The van der Waals surface area contributed by atoms with Gasteiger partial charge in [-0.05, 0) is 12.1 Å². The molecular formula is C12H6Cl2FNO4S. The number of hydrogen-bond acceptors (Lipinski definition) is 5. The zero-order chi connectivity index (χ0) is 15.6. The Hall–Kier alpha value is -1.70. The van der Waals surface area contributed by atoms with Crippen LogP contribution in [0.1, 0.15) is 10.4 Å². The highest BCUT2D eigenvalue weighted by Gasteiger charge is 2.17. The van der Waals surface area contributed by atoms with E-state index < -0.39 is 22.2 Å². The maximum atomic E-state index is 13.4. The molecule has 1 aromatic heterocycles. The van der Waals surface area contributed by atoms with Crippen molar-refractivity contribution in [2.24, 2.45) is 0 Å². The van der Waals surface area contributed by atoms with E-state index in [1.807, 2.05) is 0 Å². The number of nitrogens with zero attached hydrogens (tertiary/aromatic N) is 1. The molecule has 21 heavy (non-hydrogen) atoms. The van der Waals surface area contributed by atoms with Crippen LogP contribution in [0.2, 0.25) is 8.67 Å². The van der Waals surface area contributed by atoms with E-state index in [0.717, 1.165) is 23.5 Å². The van der Waals surface area contributed by atoms with Crippen LogP contribution in [0, 0.1) is 15.9 Å². The van der Waals surface area contributed by atoms with Crippen molar-refractivity contribution in [1.82, 2.24) is 0 Å². The lowest BCUT2D eigenvalue weighted by molar-refractivity contribution is -0.387. The molecule has 0 aliphatic heterocycles. The number of ether oxygens (including phenoxy) is 1. The van der Waals surface area contributed by atoms with Crippen LogP contribution in [0.5, 0.6) is 5.75 Å². The molecule has 0 radical (unpaired) electrons. The van der Waals surface area contributed by atoms with E-state index in [4.69, 9.17) is 27.9 Å². The van der Waals surface area contributed by atoms with Crippen LogP contribution >= 0.6 is 34.5 Å². The fraction of sp³-hybridized carbons (Fsp3) is 0.0833. The molecule has 2 rings (SSSR count). The van der Waals surface area contributed by atoms with Crippen LogP contribution in [0.15, 0.2) is 24.3 Å². The predicted octanol–water partition coefficient (Wildman–Crippen LogP) is 4.36. The van der Waals surface area contributed by atoms with Gasteiger partial charge in [-0.3, -0.25) is 14.9 Å². The maximum absolute atomic E-state index is 13.4.